The number of aryl methyl sites for hydroxylation is 1. The third-order valence-corrected chi connectivity index (χ3v) is 3.53. The number of esters is 1. The van der Waals surface area contributed by atoms with E-state index in [0.717, 1.165) is 5.69 Å². The van der Waals surface area contributed by atoms with Gasteiger partial charge in [0.25, 0.3) is 0 Å². The number of phenolic OH excluding ortho intramolecular Hbond substituents is 1. The normalized spacial score (nSPS) is 10.6. The number of nitrogens with zero attached hydrogens (tertiary/aromatic N) is 2. The number of phenols is 1. The van der Waals surface area contributed by atoms with Crippen LogP contribution in [0.2, 0.25) is 0 Å². The maximum Gasteiger partial charge on any atom is 0.341 e. The summed E-state index contributed by atoms with van der Waals surface area (Å²) in [5.74, 6) is -0.400. The highest BCUT2D eigenvalue weighted by Crippen LogP contribution is 2.32. The summed E-state index contributed by atoms with van der Waals surface area (Å²) >= 11 is 0. The first-order valence-electron chi connectivity index (χ1n) is 7.58. The molecular formula is C18H17N3O3. The largest absolute Gasteiger partial charge is 0.506 e. The Morgan fingerprint density at radius 2 is 2.04 bits per heavy atom. The van der Waals surface area contributed by atoms with Gasteiger partial charge in [-0.15, -0.1) is 0 Å². The van der Waals surface area contributed by atoms with Crippen molar-refractivity contribution >= 4 is 28.4 Å². The van der Waals surface area contributed by atoms with Crippen molar-refractivity contribution in [3.05, 3.63) is 53.9 Å². The molecule has 6 heteroatoms. The van der Waals surface area contributed by atoms with Crippen molar-refractivity contribution in [2.24, 2.45) is 0 Å². The Morgan fingerprint density at radius 1 is 1.25 bits per heavy atom. The van der Waals surface area contributed by atoms with E-state index in [-0.39, 0.29) is 12.4 Å². The second kappa shape index (κ2) is 6.54. The molecule has 3 aromatic rings. The molecule has 6 nitrogen and oxygen atoms in total. The van der Waals surface area contributed by atoms with E-state index in [2.05, 4.69) is 15.3 Å². The number of carbonyl (C=O) groups is 1. The van der Waals surface area contributed by atoms with E-state index in [9.17, 15) is 9.90 Å². The Bertz CT molecular complexity index is 909. The van der Waals surface area contributed by atoms with Crippen LogP contribution in [0.15, 0.2) is 42.6 Å². The van der Waals surface area contributed by atoms with Gasteiger partial charge in [-0.3, -0.25) is 0 Å². The van der Waals surface area contributed by atoms with E-state index in [4.69, 9.17) is 4.74 Å². The van der Waals surface area contributed by atoms with Gasteiger partial charge >= 0.3 is 5.97 Å². The lowest BCUT2D eigenvalue weighted by molar-refractivity contribution is 0.0527. The molecule has 0 spiro atoms. The summed E-state index contributed by atoms with van der Waals surface area (Å²) in [5.41, 5.74) is 2.62. The predicted molar refractivity (Wildman–Crippen MR) is 91.6 cm³/mol. The predicted octanol–water partition coefficient (Wildman–Crippen LogP) is 3.56. The van der Waals surface area contributed by atoms with Crippen molar-refractivity contribution in [1.82, 2.24) is 9.97 Å². The lowest BCUT2D eigenvalue weighted by Gasteiger charge is -2.14. The Hall–Kier alpha value is -3.15. The van der Waals surface area contributed by atoms with Crippen LogP contribution in [-0.4, -0.2) is 27.7 Å². The minimum atomic E-state index is -0.481. The molecule has 2 N–H and O–H groups in total. The lowest BCUT2D eigenvalue weighted by atomic mass is 10.1. The van der Waals surface area contributed by atoms with E-state index < -0.39 is 5.97 Å². The highest BCUT2D eigenvalue weighted by atomic mass is 16.5. The average molecular weight is 323 g/mol. The summed E-state index contributed by atoms with van der Waals surface area (Å²) in [6.45, 7) is 3.88. The van der Waals surface area contributed by atoms with Crippen LogP contribution in [0.4, 0.5) is 11.4 Å². The van der Waals surface area contributed by atoms with Crippen molar-refractivity contribution < 1.29 is 14.6 Å². The molecule has 0 saturated heterocycles. The van der Waals surface area contributed by atoms with Crippen LogP contribution in [-0.2, 0) is 4.74 Å². The van der Waals surface area contributed by atoms with Gasteiger partial charge in [0.2, 0.25) is 0 Å². The topological polar surface area (TPSA) is 84.3 Å². The van der Waals surface area contributed by atoms with Crippen LogP contribution in [0, 0.1) is 6.92 Å². The number of benzene rings is 1. The number of fused-ring (bicyclic) bond motifs is 1. The molecule has 0 unspecified atom stereocenters. The number of hydrogen-bond acceptors (Lipinski definition) is 6. The number of anilines is 2. The molecule has 1 aromatic carbocycles. The molecular weight excluding hydrogens is 306 g/mol. The number of carbonyl (C=O) groups excluding carboxylic acids is 1. The second-order valence-electron chi connectivity index (χ2n) is 5.23. The quantitative estimate of drug-likeness (QED) is 0.564. The van der Waals surface area contributed by atoms with Crippen molar-refractivity contribution in [2.45, 2.75) is 13.8 Å². The number of aromatic nitrogens is 2. The number of nitrogens with one attached hydrogen (secondary N) is 1. The minimum absolute atomic E-state index is 0.0809. The van der Waals surface area contributed by atoms with Gasteiger partial charge < -0.3 is 15.2 Å². The molecule has 24 heavy (non-hydrogen) atoms. The molecule has 0 bridgehead atoms. The molecule has 0 amide bonds. The molecule has 122 valence electrons. The third-order valence-electron chi connectivity index (χ3n) is 3.53. The molecule has 0 fully saturated rings. The third kappa shape index (κ3) is 2.99. The Labute approximate surface area is 139 Å². The van der Waals surface area contributed by atoms with E-state index in [1.807, 2.05) is 19.1 Å². The van der Waals surface area contributed by atoms with Gasteiger partial charge in [0.15, 0.2) is 5.65 Å². The molecule has 2 heterocycles. The fourth-order valence-corrected chi connectivity index (χ4v) is 2.38. The minimum Gasteiger partial charge on any atom is -0.506 e. The zero-order valence-electron chi connectivity index (χ0n) is 13.4. The van der Waals surface area contributed by atoms with Crippen LogP contribution < -0.4 is 5.32 Å². The van der Waals surface area contributed by atoms with Gasteiger partial charge in [-0.05, 0) is 38.1 Å². The molecule has 0 aliphatic heterocycles. The first-order chi connectivity index (χ1) is 11.6. The van der Waals surface area contributed by atoms with Crippen LogP contribution in [0.25, 0.3) is 11.0 Å². The summed E-state index contributed by atoms with van der Waals surface area (Å²) in [6, 6.07) is 10.5. The summed E-state index contributed by atoms with van der Waals surface area (Å²) in [6.07, 6.45) is 1.44. The van der Waals surface area contributed by atoms with Crippen LogP contribution in [0.5, 0.6) is 5.75 Å². The highest BCUT2D eigenvalue weighted by Gasteiger charge is 2.18. The van der Waals surface area contributed by atoms with Crippen molar-refractivity contribution in [1.29, 1.82) is 0 Å². The number of pyridine rings is 2. The molecule has 2 aromatic heterocycles. The average Bonchev–Trinajstić information content (AvgIpc) is 2.57. The number of para-hydroxylation sites is 2. The Morgan fingerprint density at radius 3 is 2.79 bits per heavy atom. The number of aromatic hydroxyl groups is 1. The van der Waals surface area contributed by atoms with Crippen molar-refractivity contribution in [2.75, 3.05) is 11.9 Å². The maximum atomic E-state index is 12.3. The van der Waals surface area contributed by atoms with Crippen LogP contribution >= 0.6 is 0 Å². The monoisotopic (exact) mass is 323 g/mol. The molecule has 3 rings (SSSR count). The van der Waals surface area contributed by atoms with Crippen LogP contribution in [0.3, 0.4) is 0 Å². The summed E-state index contributed by atoms with van der Waals surface area (Å²) in [5, 5.41) is 13.8. The number of ether oxygens (including phenoxy) is 1. The van der Waals surface area contributed by atoms with Gasteiger partial charge in [0, 0.05) is 17.3 Å². The van der Waals surface area contributed by atoms with Gasteiger partial charge in [0.1, 0.15) is 11.3 Å². The SMILES string of the molecule is CCOC(=O)c1cnc2nc(C)ccc2c1Nc1ccccc1O. The summed E-state index contributed by atoms with van der Waals surface area (Å²) < 4.78 is 5.11. The van der Waals surface area contributed by atoms with E-state index in [0.29, 0.717) is 28.0 Å². The zero-order chi connectivity index (χ0) is 17.1. The van der Waals surface area contributed by atoms with Gasteiger partial charge in [-0.1, -0.05) is 12.1 Å². The Kier molecular flexibility index (Phi) is 4.29. The van der Waals surface area contributed by atoms with Crippen LogP contribution in [0.1, 0.15) is 23.0 Å². The molecule has 0 radical (unpaired) electrons. The highest BCUT2D eigenvalue weighted by molar-refractivity contribution is 6.05. The van der Waals surface area contributed by atoms with Gasteiger partial charge in [0.05, 0.1) is 18.0 Å². The van der Waals surface area contributed by atoms with Crippen molar-refractivity contribution in [3.8, 4) is 5.75 Å². The molecule has 0 aliphatic rings. The fraction of sp³-hybridized carbons (Fsp3) is 0.167. The maximum absolute atomic E-state index is 12.3. The van der Waals surface area contributed by atoms with E-state index in [1.54, 1.807) is 31.2 Å². The molecule has 0 saturated carbocycles. The molecule has 0 aliphatic carbocycles. The summed E-state index contributed by atoms with van der Waals surface area (Å²) in [7, 11) is 0. The van der Waals surface area contributed by atoms with Gasteiger partial charge in [-0.2, -0.15) is 0 Å². The fourth-order valence-electron chi connectivity index (χ4n) is 2.38. The van der Waals surface area contributed by atoms with E-state index >= 15 is 0 Å². The zero-order valence-corrected chi connectivity index (χ0v) is 13.4. The Balaban J connectivity index is 2.18. The number of hydrogen-bond donors (Lipinski definition) is 2. The van der Waals surface area contributed by atoms with Gasteiger partial charge in [-0.25, -0.2) is 14.8 Å². The molecule has 0 atom stereocenters. The number of rotatable bonds is 4. The lowest BCUT2D eigenvalue weighted by Crippen LogP contribution is -2.09. The van der Waals surface area contributed by atoms with Crippen molar-refractivity contribution in [3.63, 3.8) is 0 Å². The first kappa shape index (κ1) is 15.7. The van der Waals surface area contributed by atoms with E-state index in [1.165, 1.54) is 6.20 Å². The summed E-state index contributed by atoms with van der Waals surface area (Å²) in [4.78, 5) is 20.9. The standard InChI is InChI=1S/C18H17N3O3/c1-3-24-18(23)13-10-19-17-12(9-8-11(2)20-17)16(13)21-14-6-4-5-7-15(14)22/h4-10,22H,3H2,1-2H3,(H,19,20,21). The smallest absolute Gasteiger partial charge is 0.341 e. The second-order valence-corrected chi connectivity index (χ2v) is 5.23. The first-order valence-corrected chi connectivity index (χ1v) is 7.58.